The first-order chi connectivity index (χ1) is 19.4. The van der Waals surface area contributed by atoms with Gasteiger partial charge in [-0.05, 0) is 60.9 Å². The van der Waals surface area contributed by atoms with Gasteiger partial charge in [0.15, 0.2) is 0 Å². The molecule has 0 bridgehead atoms. The lowest BCUT2D eigenvalue weighted by Gasteiger charge is -2.34. The summed E-state index contributed by atoms with van der Waals surface area (Å²) in [5.41, 5.74) is 1.77. The van der Waals surface area contributed by atoms with Crippen LogP contribution in [-0.2, 0) is 32.6 Å². The molecule has 2 atom stereocenters. The Labute approximate surface area is 252 Å². The number of carbonyl (C=O) groups excluding carboxylic acids is 2. The van der Waals surface area contributed by atoms with Crippen LogP contribution >= 0.6 is 23.2 Å². The first kappa shape index (κ1) is 32.2. The molecule has 0 saturated carbocycles. The summed E-state index contributed by atoms with van der Waals surface area (Å²) in [4.78, 5) is 29.2. The molecule has 0 aliphatic heterocycles. The van der Waals surface area contributed by atoms with Crippen molar-refractivity contribution in [3.8, 4) is 5.75 Å². The van der Waals surface area contributed by atoms with Gasteiger partial charge < -0.3 is 15.0 Å². The van der Waals surface area contributed by atoms with Gasteiger partial charge in [0.1, 0.15) is 18.3 Å². The number of nitrogens with one attached hydrogen (secondary N) is 1. The van der Waals surface area contributed by atoms with Crippen molar-refractivity contribution in [3.05, 3.63) is 94.0 Å². The highest BCUT2D eigenvalue weighted by Crippen LogP contribution is 2.26. The molecule has 0 fully saturated rings. The molecule has 8 nitrogen and oxygen atoms in total. The molecule has 220 valence electrons. The van der Waals surface area contributed by atoms with Crippen LogP contribution in [0.15, 0.2) is 72.8 Å². The van der Waals surface area contributed by atoms with Crippen LogP contribution in [0.3, 0.4) is 0 Å². The standard InChI is InChI=1S/C30H35Cl2N3O5S/c1-5-21(2)33-30(37)28(18-22-9-7-6-8-10-22)34(19-23-11-16-26(31)27(32)17-23)29(36)20-35(41(4,38)39)24-12-14-25(40-3)15-13-24/h6-17,21,28H,5,18-20H2,1-4H3,(H,33,37)/t21-,28-/m0/s1. The van der Waals surface area contributed by atoms with Crippen LogP contribution in [0.1, 0.15) is 31.4 Å². The molecule has 11 heteroatoms. The number of amides is 2. The Morgan fingerprint density at radius 3 is 2.17 bits per heavy atom. The van der Waals surface area contributed by atoms with Crippen molar-refractivity contribution in [1.29, 1.82) is 0 Å². The minimum atomic E-state index is -3.87. The van der Waals surface area contributed by atoms with Crippen LogP contribution in [0.5, 0.6) is 5.75 Å². The second-order valence-corrected chi connectivity index (χ2v) is 12.5. The second-order valence-electron chi connectivity index (χ2n) is 9.76. The van der Waals surface area contributed by atoms with Crippen molar-refractivity contribution in [3.63, 3.8) is 0 Å². The lowest BCUT2D eigenvalue weighted by molar-refractivity contribution is -0.140. The van der Waals surface area contributed by atoms with Crippen LogP contribution in [0.4, 0.5) is 5.69 Å². The molecule has 0 aliphatic carbocycles. The molecular weight excluding hydrogens is 585 g/mol. The maximum atomic E-state index is 14.1. The lowest BCUT2D eigenvalue weighted by Crippen LogP contribution is -2.54. The molecule has 0 spiro atoms. The fourth-order valence-electron chi connectivity index (χ4n) is 4.19. The average Bonchev–Trinajstić information content (AvgIpc) is 2.95. The summed E-state index contributed by atoms with van der Waals surface area (Å²) in [6.07, 6.45) is 1.95. The Balaban J connectivity index is 2.07. The van der Waals surface area contributed by atoms with Gasteiger partial charge in [0, 0.05) is 19.0 Å². The summed E-state index contributed by atoms with van der Waals surface area (Å²) in [6.45, 7) is 3.32. The van der Waals surface area contributed by atoms with E-state index < -0.39 is 28.5 Å². The number of rotatable bonds is 13. The third-order valence-corrected chi connectivity index (χ3v) is 8.53. The molecular formula is C30H35Cl2N3O5S. The van der Waals surface area contributed by atoms with Gasteiger partial charge in [0.25, 0.3) is 0 Å². The van der Waals surface area contributed by atoms with E-state index in [1.54, 1.807) is 42.5 Å². The highest BCUT2D eigenvalue weighted by atomic mass is 35.5. The molecule has 0 aromatic heterocycles. The van der Waals surface area contributed by atoms with Crippen LogP contribution in [-0.4, -0.2) is 57.1 Å². The first-order valence-electron chi connectivity index (χ1n) is 13.1. The fraction of sp³-hybridized carbons (Fsp3) is 0.333. The summed E-state index contributed by atoms with van der Waals surface area (Å²) < 4.78 is 32.0. The normalized spacial score (nSPS) is 12.7. The quantitative estimate of drug-likeness (QED) is 0.279. The van der Waals surface area contributed by atoms with E-state index in [0.29, 0.717) is 33.5 Å². The van der Waals surface area contributed by atoms with E-state index >= 15 is 0 Å². The Bertz CT molecular complexity index is 1440. The summed E-state index contributed by atoms with van der Waals surface area (Å²) in [5.74, 6) is -0.357. The van der Waals surface area contributed by atoms with Crippen molar-refractivity contribution in [2.24, 2.45) is 0 Å². The summed E-state index contributed by atoms with van der Waals surface area (Å²) in [5, 5.41) is 3.65. The van der Waals surface area contributed by atoms with Gasteiger partial charge >= 0.3 is 0 Å². The number of anilines is 1. The first-order valence-corrected chi connectivity index (χ1v) is 15.7. The smallest absolute Gasteiger partial charge is 0.244 e. The van der Waals surface area contributed by atoms with Crippen LogP contribution < -0.4 is 14.4 Å². The molecule has 2 amide bonds. The molecule has 0 saturated heterocycles. The molecule has 0 aliphatic rings. The van der Waals surface area contributed by atoms with Gasteiger partial charge in [0.05, 0.1) is 29.1 Å². The number of sulfonamides is 1. The lowest BCUT2D eigenvalue weighted by atomic mass is 10.0. The Morgan fingerprint density at radius 1 is 0.951 bits per heavy atom. The molecule has 3 aromatic carbocycles. The number of hydrogen-bond donors (Lipinski definition) is 1. The van der Waals surface area contributed by atoms with Gasteiger partial charge in [0.2, 0.25) is 21.8 Å². The third-order valence-electron chi connectivity index (χ3n) is 6.65. The second kappa shape index (κ2) is 14.6. The number of carbonyl (C=O) groups is 2. The summed E-state index contributed by atoms with van der Waals surface area (Å²) in [7, 11) is -2.37. The SMILES string of the molecule is CC[C@H](C)NC(=O)[C@H](Cc1ccccc1)N(Cc1ccc(Cl)c(Cl)c1)C(=O)CN(c1ccc(OC)cc1)S(C)(=O)=O. The number of benzene rings is 3. The van der Waals surface area contributed by atoms with Crippen molar-refractivity contribution < 1.29 is 22.7 Å². The molecule has 0 unspecified atom stereocenters. The van der Waals surface area contributed by atoms with Gasteiger partial charge in [-0.1, -0.05) is 66.5 Å². The zero-order chi connectivity index (χ0) is 30.2. The van der Waals surface area contributed by atoms with E-state index in [1.165, 1.54) is 12.0 Å². The zero-order valence-electron chi connectivity index (χ0n) is 23.5. The van der Waals surface area contributed by atoms with Crippen molar-refractivity contribution in [2.45, 2.75) is 45.3 Å². The fourth-order valence-corrected chi connectivity index (χ4v) is 5.36. The minimum Gasteiger partial charge on any atom is -0.497 e. The van der Waals surface area contributed by atoms with E-state index in [2.05, 4.69) is 5.32 Å². The van der Waals surface area contributed by atoms with E-state index in [4.69, 9.17) is 27.9 Å². The molecule has 0 heterocycles. The molecule has 0 radical (unpaired) electrons. The minimum absolute atomic E-state index is 0.00135. The number of halogens is 2. The number of ether oxygens (including phenoxy) is 1. The van der Waals surface area contributed by atoms with Gasteiger partial charge in [-0.2, -0.15) is 0 Å². The van der Waals surface area contributed by atoms with Crippen molar-refractivity contribution >= 4 is 50.7 Å². The molecule has 3 rings (SSSR count). The number of hydrogen-bond acceptors (Lipinski definition) is 5. The maximum absolute atomic E-state index is 14.1. The third kappa shape index (κ3) is 9.11. The predicted octanol–water partition coefficient (Wildman–Crippen LogP) is 5.32. The van der Waals surface area contributed by atoms with Gasteiger partial charge in [-0.25, -0.2) is 8.42 Å². The van der Waals surface area contributed by atoms with Crippen LogP contribution in [0.25, 0.3) is 0 Å². The number of nitrogens with zero attached hydrogens (tertiary/aromatic N) is 2. The van der Waals surface area contributed by atoms with E-state index in [0.717, 1.165) is 16.1 Å². The maximum Gasteiger partial charge on any atom is 0.244 e. The van der Waals surface area contributed by atoms with Gasteiger partial charge in [-0.3, -0.25) is 13.9 Å². The monoisotopic (exact) mass is 619 g/mol. The highest BCUT2D eigenvalue weighted by molar-refractivity contribution is 7.92. The summed E-state index contributed by atoms with van der Waals surface area (Å²) in [6, 6.07) is 19.6. The van der Waals surface area contributed by atoms with Crippen LogP contribution in [0, 0.1) is 0 Å². The predicted molar refractivity (Wildman–Crippen MR) is 164 cm³/mol. The van der Waals surface area contributed by atoms with E-state index in [1.807, 2.05) is 44.2 Å². The molecule has 3 aromatic rings. The Morgan fingerprint density at radius 2 is 1.61 bits per heavy atom. The van der Waals surface area contributed by atoms with Crippen LogP contribution in [0.2, 0.25) is 10.0 Å². The van der Waals surface area contributed by atoms with Crippen molar-refractivity contribution in [2.75, 3.05) is 24.2 Å². The number of methoxy groups -OCH3 is 1. The largest absolute Gasteiger partial charge is 0.497 e. The Hall–Kier alpha value is -3.27. The van der Waals surface area contributed by atoms with Crippen molar-refractivity contribution in [1.82, 2.24) is 10.2 Å². The molecule has 41 heavy (non-hydrogen) atoms. The van der Waals surface area contributed by atoms with Gasteiger partial charge in [-0.15, -0.1) is 0 Å². The summed E-state index contributed by atoms with van der Waals surface area (Å²) >= 11 is 12.4. The zero-order valence-corrected chi connectivity index (χ0v) is 25.8. The van der Waals surface area contributed by atoms with E-state index in [-0.39, 0.29) is 24.9 Å². The topological polar surface area (TPSA) is 96.0 Å². The average molecular weight is 621 g/mol. The molecule has 1 N–H and O–H groups in total. The van der Waals surface area contributed by atoms with E-state index in [9.17, 15) is 18.0 Å². The Kier molecular flexibility index (Phi) is 11.5. The highest BCUT2D eigenvalue weighted by Gasteiger charge is 2.33.